The molecule has 2 aromatic rings. The normalized spacial score (nSPS) is 14.5. The topological polar surface area (TPSA) is 171 Å². The Hall–Kier alpha value is -3.72. The summed E-state index contributed by atoms with van der Waals surface area (Å²) < 4.78 is 20.6. The molecule has 1 aromatic carbocycles. The minimum Gasteiger partial charge on any atom is -0.450 e. The standard InChI is InChI=1S/C29H40N4O9S/c1-7-29(3,42-24(34)17-41-6)25(35)20(13-19-11-9-8-10-12-19)31-26(36)21(15-39-4)32-27(37)22(16-40-5)33-28(38)23-14-30-18(2)43-23/h8-12,14,20-22H,7,13,15-17H2,1-6H3,(H,31,36)(H,32,37)(H,33,38)/t20-,21-,22-,29+/m0/s1. The van der Waals surface area contributed by atoms with Gasteiger partial charge in [0, 0.05) is 21.3 Å². The van der Waals surface area contributed by atoms with E-state index < -0.39 is 53.2 Å². The van der Waals surface area contributed by atoms with Gasteiger partial charge in [0.1, 0.15) is 23.6 Å². The van der Waals surface area contributed by atoms with Crippen LogP contribution in [0.2, 0.25) is 0 Å². The lowest BCUT2D eigenvalue weighted by Crippen LogP contribution is -2.60. The Kier molecular flexibility index (Phi) is 14.4. The molecule has 2 rings (SSSR count). The number of aromatic nitrogens is 1. The van der Waals surface area contributed by atoms with Crippen LogP contribution < -0.4 is 16.0 Å². The van der Waals surface area contributed by atoms with Crippen molar-refractivity contribution in [1.82, 2.24) is 20.9 Å². The number of esters is 1. The summed E-state index contributed by atoms with van der Waals surface area (Å²) >= 11 is 1.16. The highest BCUT2D eigenvalue weighted by Crippen LogP contribution is 2.21. The van der Waals surface area contributed by atoms with E-state index in [1.807, 2.05) is 6.07 Å². The largest absolute Gasteiger partial charge is 0.450 e. The number of aryl methyl sites for hydroxylation is 1. The molecule has 236 valence electrons. The molecule has 3 N–H and O–H groups in total. The Bertz CT molecular complexity index is 1240. The molecule has 0 aliphatic heterocycles. The molecule has 0 bridgehead atoms. The molecule has 14 heteroatoms. The summed E-state index contributed by atoms with van der Waals surface area (Å²) in [6.07, 6.45) is 1.63. The van der Waals surface area contributed by atoms with E-state index in [0.29, 0.717) is 9.88 Å². The van der Waals surface area contributed by atoms with Gasteiger partial charge >= 0.3 is 5.97 Å². The number of rotatable bonds is 18. The van der Waals surface area contributed by atoms with Gasteiger partial charge in [-0.3, -0.25) is 19.2 Å². The Balaban J connectivity index is 2.27. The van der Waals surface area contributed by atoms with Gasteiger partial charge in [0.2, 0.25) is 11.8 Å². The van der Waals surface area contributed by atoms with Gasteiger partial charge in [-0.1, -0.05) is 37.3 Å². The summed E-state index contributed by atoms with van der Waals surface area (Å²) in [6.45, 7) is 4.15. The summed E-state index contributed by atoms with van der Waals surface area (Å²) in [7, 11) is 4.05. The Morgan fingerprint density at radius 2 is 1.47 bits per heavy atom. The average Bonchev–Trinajstić information content (AvgIpc) is 3.42. The monoisotopic (exact) mass is 620 g/mol. The number of ether oxygens (including phenoxy) is 4. The van der Waals surface area contributed by atoms with Crippen LogP contribution in [0.3, 0.4) is 0 Å². The number of hydrogen-bond acceptors (Lipinski definition) is 11. The predicted molar refractivity (Wildman–Crippen MR) is 158 cm³/mol. The first-order valence-electron chi connectivity index (χ1n) is 13.6. The van der Waals surface area contributed by atoms with Gasteiger partial charge in [0.05, 0.1) is 30.5 Å². The molecule has 1 aromatic heterocycles. The molecule has 0 saturated carbocycles. The molecule has 3 amide bonds. The van der Waals surface area contributed by atoms with Crippen LogP contribution >= 0.6 is 11.3 Å². The van der Waals surface area contributed by atoms with Crippen molar-refractivity contribution in [3.63, 3.8) is 0 Å². The van der Waals surface area contributed by atoms with E-state index in [4.69, 9.17) is 18.9 Å². The summed E-state index contributed by atoms with van der Waals surface area (Å²) in [5, 5.41) is 8.56. The van der Waals surface area contributed by atoms with Crippen LogP contribution in [-0.4, -0.2) is 99.3 Å². The fourth-order valence-electron chi connectivity index (χ4n) is 4.06. The van der Waals surface area contributed by atoms with Gasteiger partial charge in [-0.25, -0.2) is 9.78 Å². The van der Waals surface area contributed by atoms with E-state index in [9.17, 15) is 24.0 Å². The smallest absolute Gasteiger partial charge is 0.333 e. The predicted octanol–water partition coefficient (Wildman–Crippen LogP) is 0.982. The van der Waals surface area contributed by atoms with Gasteiger partial charge in [-0.2, -0.15) is 0 Å². The number of hydrogen-bond donors (Lipinski definition) is 3. The summed E-state index contributed by atoms with van der Waals surface area (Å²) in [6, 6.07) is 5.48. The lowest BCUT2D eigenvalue weighted by atomic mass is 9.88. The molecule has 0 aliphatic carbocycles. The molecule has 0 saturated heterocycles. The van der Waals surface area contributed by atoms with Gasteiger partial charge in [-0.05, 0) is 32.3 Å². The quantitative estimate of drug-likeness (QED) is 0.204. The first-order valence-corrected chi connectivity index (χ1v) is 14.4. The molecule has 0 fully saturated rings. The second-order valence-corrected chi connectivity index (χ2v) is 11.1. The number of ketones is 1. The number of carbonyl (C=O) groups excluding carboxylic acids is 5. The van der Waals surface area contributed by atoms with Crippen LogP contribution in [-0.2, 0) is 44.5 Å². The maximum atomic E-state index is 13.8. The van der Waals surface area contributed by atoms with Crippen molar-refractivity contribution in [2.75, 3.05) is 41.2 Å². The van der Waals surface area contributed by atoms with Gasteiger partial charge in [0.15, 0.2) is 11.4 Å². The van der Waals surface area contributed by atoms with Crippen molar-refractivity contribution in [1.29, 1.82) is 0 Å². The number of amides is 3. The molecule has 0 spiro atoms. The van der Waals surface area contributed by atoms with Crippen LogP contribution in [0.15, 0.2) is 36.5 Å². The van der Waals surface area contributed by atoms with E-state index in [2.05, 4.69) is 20.9 Å². The van der Waals surface area contributed by atoms with E-state index in [1.165, 1.54) is 34.4 Å². The first-order chi connectivity index (χ1) is 20.5. The van der Waals surface area contributed by atoms with Crippen molar-refractivity contribution in [2.45, 2.75) is 57.3 Å². The fraction of sp³-hybridized carbons (Fsp3) is 0.517. The van der Waals surface area contributed by atoms with Crippen LogP contribution in [0.5, 0.6) is 0 Å². The lowest BCUT2D eigenvalue weighted by molar-refractivity contribution is -0.170. The molecule has 0 radical (unpaired) electrons. The van der Waals surface area contributed by atoms with Gasteiger partial charge in [-0.15, -0.1) is 11.3 Å². The van der Waals surface area contributed by atoms with E-state index in [-0.39, 0.29) is 32.7 Å². The Morgan fingerprint density at radius 1 is 0.884 bits per heavy atom. The van der Waals surface area contributed by atoms with Gasteiger partial charge in [0.25, 0.3) is 5.91 Å². The zero-order valence-corrected chi connectivity index (χ0v) is 26.1. The average molecular weight is 621 g/mol. The van der Waals surface area contributed by atoms with E-state index >= 15 is 0 Å². The number of nitrogens with zero attached hydrogens (tertiary/aromatic N) is 1. The van der Waals surface area contributed by atoms with Crippen molar-refractivity contribution in [2.24, 2.45) is 0 Å². The molecular formula is C29H40N4O9S. The van der Waals surface area contributed by atoms with Crippen molar-refractivity contribution in [3.8, 4) is 0 Å². The van der Waals surface area contributed by atoms with Crippen molar-refractivity contribution in [3.05, 3.63) is 52.0 Å². The lowest BCUT2D eigenvalue weighted by Gasteiger charge is -2.32. The van der Waals surface area contributed by atoms with E-state index in [0.717, 1.165) is 16.9 Å². The van der Waals surface area contributed by atoms with Crippen molar-refractivity contribution >= 4 is 40.8 Å². The fourth-order valence-corrected chi connectivity index (χ4v) is 4.74. The first kappa shape index (κ1) is 35.5. The number of carbonyl (C=O) groups is 5. The maximum Gasteiger partial charge on any atom is 0.333 e. The highest BCUT2D eigenvalue weighted by atomic mass is 32.1. The molecule has 0 aliphatic rings. The zero-order valence-electron chi connectivity index (χ0n) is 25.3. The number of benzene rings is 1. The second kappa shape index (κ2) is 17.4. The highest BCUT2D eigenvalue weighted by Gasteiger charge is 2.41. The van der Waals surface area contributed by atoms with E-state index in [1.54, 1.807) is 38.1 Å². The minimum atomic E-state index is -1.56. The molecule has 4 atom stereocenters. The second-order valence-electron chi connectivity index (χ2n) is 9.85. The Labute approximate surface area is 255 Å². The van der Waals surface area contributed by atoms with Crippen LogP contribution in [0.4, 0.5) is 0 Å². The summed E-state index contributed by atoms with van der Waals surface area (Å²) in [5.74, 6) is -3.21. The summed E-state index contributed by atoms with van der Waals surface area (Å²) in [4.78, 5) is 69.8. The van der Waals surface area contributed by atoms with Gasteiger partial charge < -0.3 is 34.9 Å². The molecule has 0 unspecified atom stereocenters. The summed E-state index contributed by atoms with van der Waals surface area (Å²) in [5.41, 5.74) is -0.818. The number of methoxy groups -OCH3 is 3. The van der Waals surface area contributed by atoms with Crippen molar-refractivity contribution < 1.29 is 42.9 Å². The van der Waals surface area contributed by atoms with Crippen LogP contribution in [0.25, 0.3) is 0 Å². The molecule has 43 heavy (non-hydrogen) atoms. The number of Topliss-reactive ketones (excluding diaryl/α,β-unsaturated/α-hetero) is 1. The van der Waals surface area contributed by atoms with Crippen LogP contribution in [0.1, 0.15) is 40.5 Å². The third-order valence-electron chi connectivity index (χ3n) is 6.48. The molecule has 1 heterocycles. The zero-order chi connectivity index (χ0) is 32.0. The third kappa shape index (κ3) is 10.8. The SMILES string of the molecule is CC[C@@](C)(OC(=O)COC)C(=O)[C@H](Cc1ccccc1)NC(=O)[C@H](COC)NC(=O)[C@H](COC)NC(=O)c1cnc(C)s1. The maximum absolute atomic E-state index is 13.8. The third-order valence-corrected chi connectivity index (χ3v) is 7.39. The van der Waals surface area contributed by atoms with Crippen LogP contribution in [0, 0.1) is 6.92 Å². The number of thiazole rings is 1. The molecular weight excluding hydrogens is 580 g/mol. The Morgan fingerprint density at radius 3 is 1.98 bits per heavy atom. The molecule has 13 nitrogen and oxygen atoms in total. The number of nitrogens with one attached hydrogen (secondary N) is 3. The minimum absolute atomic E-state index is 0.0904. The highest BCUT2D eigenvalue weighted by molar-refractivity contribution is 7.13.